The van der Waals surface area contributed by atoms with E-state index in [1.54, 1.807) is 0 Å². The largest absolute Gasteiger partial charge is 0.514 e. The van der Waals surface area contributed by atoms with Gasteiger partial charge >= 0.3 is 6.16 Å². The van der Waals surface area contributed by atoms with E-state index in [-0.39, 0.29) is 6.61 Å². The molecule has 0 radical (unpaired) electrons. The van der Waals surface area contributed by atoms with Crippen molar-refractivity contribution >= 4 is 6.16 Å². The molecule has 0 aromatic heterocycles. The van der Waals surface area contributed by atoms with Gasteiger partial charge in [0, 0.05) is 0 Å². The molecule has 13 heavy (non-hydrogen) atoms. The van der Waals surface area contributed by atoms with Gasteiger partial charge in [-0.05, 0) is 0 Å². The molecule has 0 aliphatic carbocycles. The Labute approximate surface area is 75.5 Å². The summed E-state index contributed by atoms with van der Waals surface area (Å²) in [5.41, 5.74) is 0. The standard InChI is InChI=1S/C8H10O5/c1-2-10-3-4-11-5-7-6-12-8(9)13-7/h2,5H,1,3-4,6H2/b7-5+. The predicted molar refractivity (Wildman–Crippen MR) is 42.6 cm³/mol. The number of hydrogen-bond acceptors (Lipinski definition) is 5. The van der Waals surface area contributed by atoms with Crippen molar-refractivity contribution in [1.29, 1.82) is 0 Å². The van der Waals surface area contributed by atoms with Crippen molar-refractivity contribution < 1.29 is 23.7 Å². The number of hydrogen-bond donors (Lipinski definition) is 0. The van der Waals surface area contributed by atoms with Crippen molar-refractivity contribution in [3.63, 3.8) is 0 Å². The van der Waals surface area contributed by atoms with Crippen molar-refractivity contribution in [2.45, 2.75) is 0 Å². The molecule has 0 unspecified atom stereocenters. The summed E-state index contributed by atoms with van der Waals surface area (Å²) >= 11 is 0. The minimum Gasteiger partial charge on any atom is -0.498 e. The van der Waals surface area contributed by atoms with E-state index in [2.05, 4.69) is 16.1 Å². The summed E-state index contributed by atoms with van der Waals surface area (Å²) in [7, 11) is 0. The van der Waals surface area contributed by atoms with E-state index in [0.717, 1.165) is 0 Å². The maximum Gasteiger partial charge on any atom is 0.514 e. The van der Waals surface area contributed by atoms with E-state index in [0.29, 0.717) is 19.0 Å². The second-order valence-corrected chi connectivity index (χ2v) is 2.13. The first-order chi connectivity index (χ1) is 6.33. The molecule has 1 saturated heterocycles. The van der Waals surface area contributed by atoms with Gasteiger partial charge in [-0.3, -0.25) is 0 Å². The molecule has 1 rings (SSSR count). The number of cyclic esters (lactones) is 2. The Hall–Kier alpha value is -1.65. The van der Waals surface area contributed by atoms with Crippen LogP contribution in [0.5, 0.6) is 0 Å². The van der Waals surface area contributed by atoms with Crippen LogP contribution in [-0.4, -0.2) is 26.0 Å². The first-order valence-electron chi connectivity index (χ1n) is 3.70. The van der Waals surface area contributed by atoms with E-state index in [1.165, 1.54) is 12.5 Å². The zero-order valence-corrected chi connectivity index (χ0v) is 7.02. The molecule has 0 amide bonds. The van der Waals surface area contributed by atoms with E-state index in [9.17, 15) is 4.79 Å². The zero-order chi connectivity index (χ0) is 9.52. The van der Waals surface area contributed by atoms with Gasteiger partial charge in [0.2, 0.25) is 0 Å². The molecule has 0 atom stereocenters. The molecule has 0 bridgehead atoms. The van der Waals surface area contributed by atoms with E-state index in [4.69, 9.17) is 9.47 Å². The molecule has 72 valence electrons. The van der Waals surface area contributed by atoms with Crippen LogP contribution < -0.4 is 0 Å². The molecule has 0 saturated carbocycles. The first-order valence-corrected chi connectivity index (χ1v) is 3.70. The fourth-order valence-corrected chi connectivity index (χ4v) is 0.686. The molecule has 1 fully saturated rings. The Bertz CT molecular complexity index is 221. The minimum atomic E-state index is -0.697. The normalized spacial score (nSPS) is 17.8. The number of ether oxygens (including phenoxy) is 4. The Kier molecular flexibility index (Phi) is 3.69. The number of rotatable bonds is 5. The van der Waals surface area contributed by atoms with Crippen LogP contribution in [0.3, 0.4) is 0 Å². The second kappa shape index (κ2) is 5.08. The van der Waals surface area contributed by atoms with Gasteiger partial charge in [-0.2, -0.15) is 0 Å². The fraction of sp³-hybridized carbons (Fsp3) is 0.375. The number of carbonyl (C=O) groups excluding carboxylic acids is 1. The molecular formula is C8H10O5. The van der Waals surface area contributed by atoms with Crippen LogP contribution in [0.15, 0.2) is 24.9 Å². The minimum absolute atomic E-state index is 0.126. The van der Waals surface area contributed by atoms with Crippen LogP contribution in [0.1, 0.15) is 0 Å². The quantitative estimate of drug-likeness (QED) is 0.366. The molecule has 0 aromatic carbocycles. The molecule has 0 N–H and O–H groups in total. The maximum atomic E-state index is 10.4. The van der Waals surface area contributed by atoms with Gasteiger partial charge in [-0.25, -0.2) is 4.79 Å². The van der Waals surface area contributed by atoms with Crippen molar-refractivity contribution in [3.05, 3.63) is 24.9 Å². The highest BCUT2D eigenvalue weighted by Gasteiger charge is 2.18. The molecule has 1 aliphatic rings. The topological polar surface area (TPSA) is 54.0 Å². The highest BCUT2D eigenvalue weighted by Crippen LogP contribution is 2.09. The van der Waals surface area contributed by atoms with E-state index in [1.807, 2.05) is 0 Å². The summed E-state index contributed by atoms with van der Waals surface area (Å²) in [5.74, 6) is 0.364. The van der Waals surface area contributed by atoms with Gasteiger partial charge in [-0.15, -0.1) is 0 Å². The van der Waals surface area contributed by atoms with Crippen LogP contribution in [0.25, 0.3) is 0 Å². The van der Waals surface area contributed by atoms with Gasteiger partial charge in [0.15, 0.2) is 12.4 Å². The summed E-state index contributed by atoms with van der Waals surface area (Å²) < 4.78 is 18.8. The Morgan fingerprint density at radius 2 is 2.23 bits per heavy atom. The smallest absolute Gasteiger partial charge is 0.498 e. The molecule has 5 heteroatoms. The predicted octanol–water partition coefficient (Wildman–Crippen LogP) is 1.17. The van der Waals surface area contributed by atoms with Gasteiger partial charge in [0.05, 0.1) is 6.26 Å². The van der Waals surface area contributed by atoms with Crippen LogP contribution >= 0.6 is 0 Å². The third-order valence-corrected chi connectivity index (χ3v) is 1.20. The number of carbonyl (C=O) groups is 1. The summed E-state index contributed by atoms with van der Waals surface area (Å²) in [6.45, 7) is 4.26. The lowest BCUT2D eigenvalue weighted by atomic mass is 10.6. The maximum absolute atomic E-state index is 10.4. The lowest BCUT2D eigenvalue weighted by Gasteiger charge is -2.00. The Balaban J connectivity index is 2.10. The SMILES string of the molecule is C=COCCO/C=C1\COC(=O)O1. The third kappa shape index (κ3) is 3.50. The average molecular weight is 186 g/mol. The monoisotopic (exact) mass is 186 g/mol. The molecule has 0 aromatic rings. The van der Waals surface area contributed by atoms with Crippen LogP contribution in [-0.2, 0) is 18.9 Å². The van der Waals surface area contributed by atoms with E-state index < -0.39 is 6.16 Å². The van der Waals surface area contributed by atoms with Gasteiger partial charge in [-0.1, -0.05) is 6.58 Å². The second-order valence-electron chi connectivity index (χ2n) is 2.13. The fourth-order valence-electron chi connectivity index (χ4n) is 0.686. The lowest BCUT2D eigenvalue weighted by Crippen LogP contribution is -1.97. The lowest BCUT2D eigenvalue weighted by molar-refractivity contribution is 0.131. The molecule has 5 nitrogen and oxygen atoms in total. The van der Waals surface area contributed by atoms with Crippen molar-refractivity contribution in [3.8, 4) is 0 Å². The van der Waals surface area contributed by atoms with Crippen LogP contribution in [0.2, 0.25) is 0 Å². The average Bonchev–Trinajstić information content (AvgIpc) is 2.51. The highest BCUT2D eigenvalue weighted by molar-refractivity contribution is 5.63. The van der Waals surface area contributed by atoms with Gasteiger partial charge in [0.1, 0.15) is 19.5 Å². The summed E-state index contributed by atoms with van der Waals surface area (Å²) in [5, 5.41) is 0. The molecular weight excluding hydrogens is 176 g/mol. The van der Waals surface area contributed by atoms with Crippen molar-refractivity contribution in [2.24, 2.45) is 0 Å². The third-order valence-electron chi connectivity index (χ3n) is 1.20. The molecule has 1 heterocycles. The Morgan fingerprint density at radius 1 is 1.46 bits per heavy atom. The summed E-state index contributed by atoms with van der Waals surface area (Å²) in [4.78, 5) is 10.4. The zero-order valence-electron chi connectivity index (χ0n) is 7.02. The van der Waals surface area contributed by atoms with Crippen LogP contribution in [0.4, 0.5) is 4.79 Å². The highest BCUT2D eigenvalue weighted by atomic mass is 16.8. The van der Waals surface area contributed by atoms with E-state index >= 15 is 0 Å². The van der Waals surface area contributed by atoms with Crippen molar-refractivity contribution in [2.75, 3.05) is 19.8 Å². The van der Waals surface area contributed by atoms with Crippen LogP contribution in [0, 0.1) is 0 Å². The molecule has 0 spiro atoms. The van der Waals surface area contributed by atoms with Gasteiger partial charge in [0.25, 0.3) is 0 Å². The first kappa shape index (κ1) is 9.44. The van der Waals surface area contributed by atoms with Crippen molar-refractivity contribution in [1.82, 2.24) is 0 Å². The summed E-state index contributed by atoms with van der Waals surface area (Å²) in [6.07, 6.45) is 1.96. The van der Waals surface area contributed by atoms with Gasteiger partial charge < -0.3 is 18.9 Å². The summed E-state index contributed by atoms with van der Waals surface area (Å²) in [6, 6.07) is 0. The molecule has 1 aliphatic heterocycles. The Morgan fingerprint density at radius 3 is 2.85 bits per heavy atom.